The molecule has 2 aromatic carbocycles. The number of aryl methyl sites for hydroxylation is 1. The molecule has 5 rings (SSSR count). The van der Waals surface area contributed by atoms with E-state index in [4.69, 9.17) is 4.98 Å². The van der Waals surface area contributed by atoms with Crippen LogP contribution in [-0.2, 0) is 13.1 Å². The number of amides is 1. The van der Waals surface area contributed by atoms with Crippen molar-refractivity contribution < 1.29 is 9.59 Å². The molecule has 4 aromatic rings. The average Bonchev–Trinajstić information content (AvgIpc) is 3.15. The SMILES string of the molecule is O=C(NCc1cccnc1)c1ccc(-c2nc3cccc4c3n2CCC4=O)cc1. The van der Waals surface area contributed by atoms with E-state index in [2.05, 4.69) is 14.9 Å². The Balaban J connectivity index is 1.41. The van der Waals surface area contributed by atoms with Gasteiger partial charge >= 0.3 is 0 Å². The maximum absolute atomic E-state index is 12.4. The van der Waals surface area contributed by atoms with E-state index in [9.17, 15) is 9.59 Å². The van der Waals surface area contributed by atoms with Crippen LogP contribution in [0.1, 0.15) is 32.7 Å². The first-order chi connectivity index (χ1) is 14.2. The third-order valence-electron chi connectivity index (χ3n) is 5.21. The van der Waals surface area contributed by atoms with Crippen molar-refractivity contribution in [2.75, 3.05) is 0 Å². The van der Waals surface area contributed by atoms with E-state index < -0.39 is 0 Å². The number of hydrogen-bond acceptors (Lipinski definition) is 4. The second-order valence-corrected chi connectivity index (χ2v) is 7.05. The summed E-state index contributed by atoms with van der Waals surface area (Å²) >= 11 is 0. The first-order valence-corrected chi connectivity index (χ1v) is 9.51. The van der Waals surface area contributed by atoms with Crippen molar-refractivity contribution in [2.45, 2.75) is 19.5 Å². The Kier molecular flexibility index (Phi) is 4.17. The van der Waals surface area contributed by atoms with Gasteiger partial charge in [0, 0.05) is 48.6 Å². The fraction of sp³-hybridized carbons (Fsp3) is 0.130. The van der Waals surface area contributed by atoms with Crippen LogP contribution in [0.3, 0.4) is 0 Å². The Hall–Kier alpha value is -3.80. The Bertz CT molecular complexity index is 1230. The lowest BCUT2D eigenvalue weighted by atomic mass is 10.0. The summed E-state index contributed by atoms with van der Waals surface area (Å²) in [5.41, 5.74) is 4.92. The number of nitrogens with zero attached hydrogens (tertiary/aromatic N) is 3. The number of aromatic nitrogens is 3. The minimum absolute atomic E-state index is 0.136. The molecule has 0 spiro atoms. The standard InChI is InChI=1S/C23H18N4O2/c28-20-10-12-27-21-18(20)4-1-5-19(21)26-22(27)16-6-8-17(9-7-16)23(29)25-14-15-3-2-11-24-13-15/h1-9,11,13H,10,12,14H2,(H,25,29). The normalized spacial score (nSPS) is 12.9. The van der Waals surface area contributed by atoms with Crippen molar-refractivity contribution in [1.82, 2.24) is 19.9 Å². The molecule has 0 bridgehead atoms. The number of imidazole rings is 1. The topological polar surface area (TPSA) is 76.9 Å². The van der Waals surface area contributed by atoms with Crippen LogP contribution in [0.5, 0.6) is 0 Å². The monoisotopic (exact) mass is 382 g/mol. The van der Waals surface area contributed by atoms with E-state index in [1.54, 1.807) is 24.5 Å². The predicted molar refractivity (Wildman–Crippen MR) is 110 cm³/mol. The van der Waals surface area contributed by atoms with E-state index in [1.165, 1.54) is 0 Å². The summed E-state index contributed by atoms with van der Waals surface area (Å²) in [6.45, 7) is 1.05. The average molecular weight is 382 g/mol. The smallest absolute Gasteiger partial charge is 0.251 e. The molecular weight excluding hydrogens is 364 g/mol. The van der Waals surface area contributed by atoms with Gasteiger partial charge in [0.2, 0.25) is 0 Å². The summed E-state index contributed by atoms with van der Waals surface area (Å²) in [5.74, 6) is 0.848. The number of para-hydroxylation sites is 1. The third kappa shape index (κ3) is 3.08. The molecule has 0 fully saturated rings. The lowest BCUT2D eigenvalue weighted by Gasteiger charge is -2.15. The summed E-state index contributed by atoms with van der Waals surface area (Å²) in [7, 11) is 0. The first kappa shape index (κ1) is 17.3. The second kappa shape index (κ2) is 6.98. The number of carbonyl (C=O) groups is 2. The summed E-state index contributed by atoms with van der Waals surface area (Å²) in [4.78, 5) is 33.4. The summed E-state index contributed by atoms with van der Waals surface area (Å²) in [6.07, 6.45) is 3.91. The molecular formula is C23H18N4O2. The van der Waals surface area contributed by atoms with Crippen molar-refractivity contribution in [3.05, 3.63) is 83.7 Å². The van der Waals surface area contributed by atoms with Crippen molar-refractivity contribution in [2.24, 2.45) is 0 Å². The molecule has 1 amide bonds. The molecule has 0 aliphatic carbocycles. The van der Waals surface area contributed by atoms with E-state index in [0.717, 1.165) is 33.5 Å². The van der Waals surface area contributed by atoms with Gasteiger partial charge < -0.3 is 9.88 Å². The van der Waals surface area contributed by atoms with Crippen molar-refractivity contribution in [1.29, 1.82) is 0 Å². The quantitative estimate of drug-likeness (QED) is 0.585. The first-order valence-electron chi connectivity index (χ1n) is 9.51. The molecule has 0 radical (unpaired) electrons. The molecule has 0 unspecified atom stereocenters. The molecule has 1 aliphatic rings. The van der Waals surface area contributed by atoms with Crippen molar-refractivity contribution in [3.8, 4) is 11.4 Å². The third-order valence-corrected chi connectivity index (χ3v) is 5.21. The highest BCUT2D eigenvalue weighted by Gasteiger charge is 2.23. The number of benzene rings is 2. The molecule has 0 atom stereocenters. The number of rotatable bonds is 4. The molecule has 142 valence electrons. The zero-order valence-electron chi connectivity index (χ0n) is 15.6. The van der Waals surface area contributed by atoms with Crippen molar-refractivity contribution >= 4 is 22.7 Å². The van der Waals surface area contributed by atoms with Gasteiger partial charge in [-0.05, 0) is 35.9 Å². The Morgan fingerprint density at radius 1 is 1.07 bits per heavy atom. The van der Waals surface area contributed by atoms with Crippen LogP contribution in [0, 0.1) is 0 Å². The number of nitrogens with one attached hydrogen (secondary N) is 1. The van der Waals surface area contributed by atoms with Crippen LogP contribution in [0.4, 0.5) is 0 Å². The fourth-order valence-corrected chi connectivity index (χ4v) is 3.75. The predicted octanol–water partition coefficient (Wildman–Crippen LogP) is 3.61. The Morgan fingerprint density at radius 2 is 1.93 bits per heavy atom. The van der Waals surface area contributed by atoms with Gasteiger partial charge in [0.15, 0.2) is 5.78 Å². The zero-order chi connectivity index (χ0) is 19.8. The van der Waals surface area contributed by atoms with Crippen LogP contribution in [-0.4, -0.2) is 26.2 Å². The van der Waals surface area contributed by atoms with Gasteiger partial charge in [-0.1, -0.05) is 24.3 Å². The van der Waals surface area contributed by atoms with E-state index in [1.807, 2.05) is 42.5 Å². The summed E-state index contributed by atoms with van der Waals surface area (Å²) in [5, 5.41) is 2.90. The highest BCUT2D eigenvalue weighted by molar-refractivity contribution is 6.08. The number of pyridine rings is 1. The Labute approximate surface area is 167 Å². The van der Waals surface area contributed by atoms with Gasteiger partial charge in [-0.25, -0.2) is 4.98 Å². The minimum Gasteiger partial charge on any atom is -0.348 e. The lowest BCUT2D eigenvalue weighted by molar-refractivity contribution is 0.0948. The molecule has 1 aliphatic heterocycles. The Morgan fingerprint density at radius 3 is 2.72 bits per heavy atom. The fourth-order valence-electron chi connectivity index (χ4n) is 3.75. The minimum atomic E-state index is -0.136. The largest absolute Gasteiger partial charge is 0.348 e. The maximum atomic E-state index is 12.4. The van der Waals surface area contributed by atoms with Gasteiger partial charge in [-0.15, -0.1) is 0 Å². The molecule has 0 saturated carbocycles. The molecule has 29 heavy (non-hydrogen) atoms. The highest BCUT2D eigenvalue weighted by Crippen LogP contribution is 2.31. The van der Waals surface area contributed by atoms with Gasteiger partial charge in [0.05, 0.1) is 11.0 Å². The summed E-state index contributed by atoms with van der Waals surface area (Å²) in [6, 6.07) is 16.8. The second-order valence-electron chi connectivity index (χ2n) is 7.05. The maximum Gasteiger partial charge on any atom is 0.251 e. The van der Waals surface area contributed by atoms with Gasteiger partial charge in [0.1, 0.15) is 5.82 Å². The zero-order valence-corrected chi connectivity index (χ0v) is 15.6. The van der Waals surface area contributed by atoms with Gasteiger partial charge in [-0.2, -0.15) is 0 Å². The van der Waals surface area contributed by atoms with Crippen LogP contribution in [0.25, 0.3) is 22.4 Å². The molecule has 6 heteroatoms. The number of hydrogen-bond donors (Lipinski definition) is 1. The molecule has 2 aromatic heterocycles. The van der Waals surface area contributed by atoms with Crippen LogP contribution in [0.15, 0.2) is 67.0 Å². The van der Waals surface area contributed by atoms with Gasteiger partial charge in [-0.3, -0.25) is 14.6 Å². The lowest BCUT2D eigenvalue weighted by Crippen LogP contribution is -2.22. The number of ketones is 1. The van der Waals surface area contributed by atoms with E-state index >= 15 is 0 Å². The van der Waals surface area contributed by atoms with Crippen LogP contribution in [0.2, 0.25) is 0 Å². The summed E-state index contributed by atoms with van der Waals surface area (Å²) < 4.78 is 2.10. The van der Waals surface area contributed by atoms with Gasteiger partial charge in [0.25, 0.3) is 5.91 Å². The molecule has 0 saturated heterocycles. The molecule has 3 heterocycles. The van der Waals surface area contributed by atoms with E-state index in [-0.39, 0.29) is 11.7 Å². The van der Waals surface area contributed by atoms with Crippen LogP contribution < -0.4 is 5.32 Å². The number of carbonyl (C=O) groups excluding carboxylic acids is 2. The van der Waals surface area contributed by atoms with Crippen molar-refractivity contribution in [3.63, 3.8) is 0 Å². The number of Topliss-reactive ketones (excluding diaryl/α,β-unsaturated/α-hetero) is 1. The molecule has 6 nitrogen and oxygen atoms in total. The molecule has 1 N–H and O–H groups in total. The highest BCUT2D eigenvalue weighted by atomic mass is 16.1. The van der Waals surface area contributed by atoms with Crippen LogP contribution >= 0.6 is 0 Å². The van der Waals surface area contributed by atoms with E-state index in [0.29, 0.717) is 25.1 Å².